The van der Waals surface area contributed by atoms with Gasteiger partial charge >= 0.3 is 12.2 Å². The van der Waals surface area contributed by atoms with Crippen LogP contribution in [0.5, 0.6) is 5.75 Å². The second-order valence-electron chi connectivity index (χ2n) is 3.42. The molecule has 0 amide bonds. The van der Waals surface area contributed by atoms with E-state index in [-0.39, 0.29) is 11.6 Å². The fourth-order valence-corrected chi connectivity index (χ4v) is 1.36. The molecule has 1 heterocycles. The monoisotopic (exact) mass is 273 g/mol. The molecule has 0 radical (unpaired) electrons. The van der Waals surface area contributed by atoms with E-state index in [0.717, 1.165) is 12.1 Å². The standard InChI is InChI=1S/C10H6F3N3O3/c11-10(12,13)19-8-3-1-7(2-4-8)15-6-5-9(14-15)16(17)18/h1-6H. The van der Waals surface area contributed by atoms with Crippen LogP contribution in [0.25, 0.3) is 5.69 Å². The minimum absolute atomic E-state index is 0.351. The molecule has 100 valence electrons. The Balaban J connectivity index is 2.20. The number of hydrogen-bond donors (Lipinski definition) is 0. The number of hydrogen-bond acceptors (Lipinski definition) is 4. The Morgan fingerprint density at radius 2 is 1.84 bits per heavy atom. The number of alkyl halides is 3. The number of aromatic nitrogens is 2. The molecule has 19 heavy (non-hydrogen) atoms. The van der Waals surface area contributed by atoms with Gasteiger partial charge in [0.1, 0.15) is 5.75 Å². The molecule has 0 atom stereocenters. The quantitative estimate of drug-likeness (QED) is 0.636. The summed E-state index contributed by atoms with van der Waals surface area (Å²) in [6.07, 6.45) is -3.43. The Kier molecular flexibility index (Phi) is 3.11. The molecular formula is C10H6F3N3O3. The SMILES string of the molecule is O=[N+]([O-])c1ccn(-c2ccc(OC(F)(F)F)cc2)n1. The van der Waals surface area contributed by atoms with Crippen molar-refractivity contribution in [2.45, 2.75) is 6.36 Å². The van der Waals surface area contributed by atoms with Crippen LogP contribution in [0.4, 0.5) is 19.0 Å². The van der Waals surface area contributed by atoms with Crippen molar-refractivity contribution in [3.8, 4) is 11.4 Å². The number of benzene rings is 1. The molecule has 0 N–H and O–H groups in total. The molecule has 0 aliphatic heterocycles. The average Bonchev–Trinajstić information content (AvgIpc) is 2.77. The molecule has 1 aromatic heterocycles. The summed E-state index contributed by atoms with van der Waals surface area (Å²) in [6, 6.07) is 5.97. The highest BCUT2D eigenvalue weighted by Crippen LogP contribution is 2.23. The van der Waals surface area contributed by atoms with Gasteiger partial charge in [-0.1, -0.05) is 0 Å². The van der Waals surface area contributed by atoms with Crippen LogP contribution in [0.3, 0.4) is 0 Å². The first-order chi connectivity index (χ1) is 8.85. The Hall–Kier alpha value is -2.58. The van der Waals surface area contributed by atoms with Crippen molar-refractivity contribution in [3.63, 3.8) is 0 Å². The summed E-state index contributed by atoms with van der Waals surface area (Å²) >= 11 is 0. The lowest BCUT2D eigenvalue weighted by Gasteiger charge is -2.08. The molecule has 0 spiro atoms. The molecule has 0 unspecified atom stereocenters. The topological polar surface area (TPSA) is 70.2 Å². The average molecular weight is 273 g/mol. The Bertz CT molecular complexity index is 592. The summed E-state index contributed by atoms with van der Waals surface area (Å²) in [7, 11) is 0. The lowest BCUT2D eigenvalue weighted by molar-refractivity contribution is -0.389. The number of nitrogens with zero attached hydrogens (tertiary/aromatic N) is 3. The molecule has 6 nitrogen and oxygen atoms in total. The maximum absolute atomic E-state index is 11.9. The second-order valence-corrected chi connectivity index (χ2v) is 3.42. The van der Waals surface area contributed by atoms with Gasteiger partial charge in [-0.2, -0.15) is 0 Å². The highest BCUT2D eigenvalue weighted by atomic mass is 19.4. The van der Waals surface area contributed by atoms with Crippen LogP contribution in [0, 0.1) is 10.1 Å². The lowest BCUT2D eigenvalue weighted by atomic mass is 10.3. The third-order valence-corrected chi connectivity index (χ3v) is 2.10. The summed E-state index contributed by atoms with van der Waals surface area (Å²) in [4.78, 5) is 9.77. The zero-order valence-corrected chi connectivity index (χ0v) is 9.16. The third kappa shape index (κ3) is 3.21. The summed E-state index contributed by atoms with van der Waals surface area (Å²) in [6.45, 7) is 0. The summed E-state index contributed by atoms with van der Waals surface area (Å²) in [5.74, 6) is -0.728. The van der Waals surface area contributed by atoms with Gasteiger partial charge in [0.2, 0.25) is 0 Å². The highest BCUT2D eigenvalue weighted by molar-refractivity contribution is 5.37. The smallest absolute Gasteiger partial charge is 0.406 e. The predicted octanol–water partition coefficient (Wildman–Crippen LogP) is 2.68. The van der Waals surface area contributed by atoms with Gasteiger partial charge in [0.15, 0.2) is 0 Å². The molecule has 0 fully saturated rings. The van der Waals surface area contributed by atoms with Crippen molar-refractivity contribution < 1.29 is 22.8 Å². The van der Waals surface area contributed by atoms with Crippen LogP contribution >= 0.6 is 0 Å². The van der Waals surface area contributed by atoms with E-state index in [4.69, 9.17) is 0 Å². The molecular weight excluding hydrogens is 267 g/mol. The van der Waals surface area contributed by atoms with E-state index in [1.165, 1.54) is 29.1 Å². The van der Waals surface area contributed by atoms with Crippen LogP contribution in [0.1, 0.15) is 0 Å². The molecule has 2 aromatic rings. The molecule has 0 bridgehead atoms. The van der Waals surface area contributed by atoms with Crippen molar-refractivity contribution in [3.05, 3.63) is 46.6 Å². The predicted molar refractivity (Wildman–Crippen MR) is 56.9 cm³/mol. The molecule has 0 aliphatic rings. The van der Waals surface area contributed by atoms with Gasteiger partial charge in [-0.05, 0) is 29.2 Å². The fourth-order valence-electron chi connectivity index (χ4n) is 1.36. The van der Waals surface area contributed by atoms with Crippen molar-refractivity contribution in [2.75, 3.05) is 0 Å². The largest absolute Gasteiger partial charge is 0.573 e. The normalized spacial score (nSPS) is 11.3. The van der Waals surface area contributed by atoms with Gasteiger partial charge in [-0.15, -0.1) is 17.9 Å². The molecule has 0 saturated heterocycles. The molecule has 2 rings (SSSR count). The first-order valence-corrected chi connectivity index (χ1v) is 4.91. The molecule has 9 heteroatoms. The van der Waals surface area contributed by atoms with Crippen molar-refractivity contribution in [2.24, 2.45) is 0 Å². The Morgan fingerprint density at radius 1 is 1.21 bits per heavy atom. The van der Waals surface area contributed by atoms with E-state index in [0.29, 0.717) is 5.69 Å². The van der Waals surface area contributed by atoms with Gasteiger partial charge in [-0.25, -0.2) is 0 Å². The van der Waals surface area contributed by atoms with E-state index in [2.05, 4.69) is 9.84 Å². The minimum atomic E-state index is -4.76. The summed E-state index contributed by atoms with van der Waals surface area (Å²) < 4.78 is 40.7. The van der Waals surface area contributed by atoms with Crippen molar-refractivity contribution in [1.29, 1.82) is 0 Å². The van der Waals surface area contributed by atoms with Gasteiger partial charge < -0.3 is 14.9 Å². The third-order valence-electron chi connectivity index (χ3n) is 2.10. The van der Waals surface area contributed by atoms with Crippen LogP contribution in [-0.2, 0) is 0 Å². The van der Waals surface area contributed by atoms with E-state index in [1.807, 2.05) is 0 Å². The fraction of sp³-hybridized carbons (Fsp3) is 0.100. The molecule has 1 aromatic carbocycles. The van der Waals surface area contributed by atoms with Crippen LogP contribution in [-0.4, -0.2) is 21.1 Å². The van der Waals surface area contributed by atoms with Crippen LogP contribution in [0.15, 0.2) is 36.5 Å². The van der Waals surface area contributed by atoms with E-state index in [1.54, 1.807) is 0 Å². The number of ether oxygens (including phenoxy) is 1. The van der Waals surface area contributed by atoms with E-state index in [9.17, 15) is 23.3 Å². The van der Waals surface area contributed by atoms with E-state index < -0.39 is 11.3 Å². The van der Waals surface area contributed by atoms with E-state index >= 15 is 0 Å². The van der Waals surface area contributed by atoms with Crippen LogP contribution in [0.2, 0.25) is 0 Å². The highest BCUT2D eigenvalue weighted by Gasteiger charge is 2.31. The maximum Gasteiger partial charge on any atom is 0.573 e. The minimum Gasteiger partial charge on any atom is -0.406 e. The van der Waals surface area contributed by atoms with Crippen molar-refractivity contribution >= 4 is 5.82 Å². The first-order valence-electron chi connectivity index (χ1n) is 4.91. The zero-order chi connectivity index (χ0) is 14.0. The van der Waals surface area contributed by atoms with Gasteiger partial charge in [0.05, 0.1) is 23.0 Å². The summed E-state index contributed by atoms with van der Waals surface area (Å²) in [5, 5.41) is 14.1. The zero-order valence-electron chi connectivity index (χ0n) is 9.16. The first kappa shape index (κ1) is 12.9. The molecule has 0 saturated carbocycles. The number of rotatable bonds is 3. The summed E-state index contributed by atoms with van der Waals surface area (Å²) in [5.41, 5.74) is 0.377. The molecule has 0 aliphatic carbocycles. The van der Waals surface area contributed by atoms with Gasteiger partial charge in [-0.3, -0.25) is 0 Å². The maximum atomic E-state index is 11.9. The van der Waals surface area contributed by atoms with Crippen LogP contribution < -0.4 is 4.74 Å². The Morgan fingerprint density at radius 3 is 2.32 bits per heavy atom. The number of halogens is 3. The van der Waals surface area contributed by atoms with Gasteiger partial charge in [0, 0.05) is 0 Å². The van der Waals surface area contributed by atoms with Crippen molar-refractivity contribution in [1.82, 2.24) is 9.78 Å². The lowest BCUT2D eigenvalue weighted by Crippen LogP contribution is -2.17. The second kappa shape index (κ2) is 4.59. The van der Waals surface area contributed by atoms with Gasteiger partial charge in [0.25, 0.3) is 0 Å². The Labute approximate surface area is 104 Å². The number of nitro groups is 1.